The van der Waals surface area contributed by atoms with Gasteiger partial charge in [0.1, 0.15) is 6.04 Å². The van der Waals surface area contributed by atoms with E-state index in [1.807, 2.05) is 61.5 Å². The molecule has 1 saturated heterocycles. The minimum atomic E-state index is -0.673. The normalized spacial score (nSPS) is 25.1. The molecule has 0 unspecified atom stereocenters. The highest BCUT2D eigenvalue weighted by Crippen LogP contribution is 2.45. The Kier molecular flexibility index (Phi) is 8.41. The highest BCUT2D eigenvalue weighted by atomic mass is 16.3. The number of aliphatic hydroxyl groups excluding tert-OH is 1. The number of rotatable bonds is 10. The lowest BCUT2D eigenvalue weighted by atomic mass is 9.69. The van der Waals surface area contributed by atoms with Gasteiger partial charge in [0, 0.05) is 31.8 Å². The molecule has 0 aromatic heterocycles. The predicted octanol–water partition coefficient (Wildman–Crippen LogP) is 3.73. The smallest absolute Gasteiger partial charge is 0.247 e. The second-order valence-electron chi connectivity index (χ2n) is 9.87. The topological polar surface area (TPSA) is 98.7 Å². The van der Waals surface area contributed by atoms with Gasteiger partial charge in [-0.05, 0) is 48.1 Å². The maximum absolute atomic E-state index is 13.8. The summed E-state index contributed by atoms with van der Waals surface area (Å²) in [5.41, 5.74) is 0.687. The van der Waals surface area contributed by atoms with E-state index in [1.165, 1.54) is 0 Å². The van der Waals surface area contributed by atoms with Crippen LogP contribution in [0.4, 0.5) is 5.69 Å². The molecule has 2 aromatic carbocycles. The van der Waals surface area contributed by atoms with Crippen LogP contribution >= 0.6 is 0 Å². The van der Waals surface area contributed by atoms with Crippen LogP contribution in [0.2, 0.25) is 0 Å². The van der Waals surface area contributed by atoms with Crippen LogP contribution in [0.25, 0.3) is 10.8 Å². The van der Waals surface area contributed by atoms with Gasteiger partial charge in [0.2, 0.25) is 17.7 Å². The first kappa shape index (κ1) is 25.9. The van der Waals surface area contributed by atoms with E-state index >= 15 is 0 Å². The molecule has 36 heavy (non-hydrogen) atoms. The Labute approximate surface area is 212 Å². The number of aliphatic hydroxyl groups is 1. The van der Waals surface area contributed by atoms with Gasteiger partial charge in [0.25, 0.3) is 0 Å². The van der Waals surface area contributed by atoms with Crippen molar-refractivity contribution in [3.8, 4) is 0 Å². The molecule has 2 aliphatic rings. The van der Waals surface area contributed by atoms with Gasteiger partial charge in [0.15, 0.2) is 0 Å². The van der Waals surface area contributed by atoms with Crippen molar-refractivity contribution >= 4 is 34.2 Å². The van der Waals surface area contributed by atoms with Crippen LogP contribution in [0.5, 0.6) is 0 Å². The third-order valence-corrected chi connectivity index (χ3v) is 7.73. The van der Waals surface area contributed by atoms with Crippen molar-refractivity contribution in [2.75, 3.05) is 25.5 Å². The van der Waals surface area contributed by atoms with E-state index in [-0.39, 0.29) is 36.2 Å². The standard InChI is InChI=1S/C29H37N3O4/c1-3-19-13-15-23-25(24(19)27(34)30-2)29(36)32(16-8-4-5-9-17-33)26(23)28(35)31-22-14-12-20-10-6-7-11-21(20)18-22/h6-7,10-15,18-19,23-26,33H,3-5,8-9,16-17H2,1-2H3,(H,30,34)(H,31,35)/t19-,23+,24-,25-,26+/m1/s1. The Balaban J connectivity index is 1.62. The zero-order valence-corrected chi connectivity index (χ0v) is 21.2. The second kappa shape index (κ2) is 11.7. The SMILES string of the molecule is CC[C@@H]1C=C[C@H]2[C@@H](C(=O)N(CCCCCCO)[C@@H]2C(=O)Nc2ccc3ccccc3c2)[C@@H]1C(=O)NC. The quantitative estimate of drug-likeness (QED) is 0.348. The third-order valence-electron chi connectivity index (χ3n) is 7.73. The first-order valence-corrected chi connectivity index (χ1v) is 13.1. The number of nitrogens with one attached hydrogen (secondary N) is 2. The molecule has 4 rings (SSSR count). The Hall–Kier alpha value is -3.19. The number of anilines is 1. The van der Waals surface area contributed by atoms with E-state index in [9.17, 15) is 14.4 Å². The van der Waals surface area contributed by atoms with Gasteiger partial charge in [0.05, 0.1) is 11.8 Å². The average molecular weight is 492 g/mol. The maximum atomic E-state index is 13.8. The molecule has 0 saturated carbocycles. The van der Waals surface area contributed by atoms with Crippen molar-refractivity contribution in [2.24, 2.45) is 23.7 Å². The lowest BCUT2D eigenvalue weighted by Gasteiger charge is -2.33. The summed E-state index contributed by atoms with van der Waals surface area (Å²) in [5, 5.41) is 17.0. The fourth-order valence-electron chi connectivity index (χ4n) is 5.88. The predicted molar refractivity (Wildman–Crippen MR) is 141 cm³/mol. The van der Waals surface area contributed by atoms with Crippen molar-refractivity contribution in [1.29, 1.82) is 0 Å². The molecule has 1 aliphatic carbocycles. The van der Waals surface area contributed by atoms with Crippen LogP contribution in [-0.4, -0.2) is 54.0 Å². The van der Waals surface area contributed by atoms with Gasteiger partial charge < -0.3 is 20.6 Å². The van der Waals surface area contributed by atoms with Crippen molar-refractivity contribution < 1.29 is 19.5 Å². The monoisotopic (exact) mass is 491 g/mol. The molecule has 7 nitrogen and oxygen atoms in total. The third kappa shape index (κ3) is 5.16. The number of likely N-dealkylation sites (tertiary alicyclic amines) is 1. The number of carbonyl (C=O) groups is 3. The Morgan fingerprint density at radius 2 is 1.72 bits per heavy atom. The molecule has 5 atom stereocenters. The fourth-order valence-corrected chi connectivity index (χ4v) is 5.88. The molecular weight excluding hydrogens is 454 g/mol. The molecule has 0 bridgehead atoms. The van der Waals surface area contributed by atoms with Gasteiger partial charge in [-0.25, -0.2) is 0 Å². The summed E-state index contributed by atoms with van der Waals surface area (Å²) in [6.07, 6.45) is 7.98. The van der Waals surface area contributed by atoms with Crippen molar-refractivity contribution in [1.82, 2.24) is 10.2 Å². The molecule has 0 radical (unpaired) electrons. The van der Waals surface area contributed by atoms with E-state index in [1.54, 1.807) is 11.9 Å². The van der Waals surface area contributed by atoms with Crippen LogP contribution in [0, 0.1) is 23.7 Å². The summed E-state index contributed by atoms with van der Waals surface area (Å²) in [7, 11) is 1.60. The minimum Gasteiger partial charge on any atom is -0.396 e. The Morgan fingerprint density at radius 1 is 0.972 bits per heavy atom. The number of fused-ring (bicyclic) bond motifs is 2. The van der Waals surface area contributed by atoms with Crippen LogP contribution in [-0.2, 0) is 14.4 Å². The molecule has 7 heteroatoms. The van der Waals surface area contributed by atoms with E-state index in [0.717, 1.165) is 42.9 Å². The van der Waals surface area contributed by atoms with E-state index in [0.29, 0.717) is 12.2 Å². The van der Waals surface area contributed by atoms with E-state index < -0.39 is 17.9 Å². The molecule has 3 amide bonds. The molecular formula is C29H37N3O4. The average Bonchev–Trinajstić information content (AvgIpc) is 3.18. The number of amides is 3. The molecule has 2 aromatic rings. The number of allylic oxidation sites excluding steroid dienone is 1. The van der Waals surface area contributed by atoms with Crippen molar-refractivity contribution in [3.05, 3.63) is 54.6 Å². The molecule has 192 valence electrons. The van der Waals surface area contributed by atoms with Gasteiger partial charge in [-0.2, -0.15) is 0 Å². The zero-order chi connectivity index (χ0) is 25.7. The maximum Gasteiger partial charge on any atom is 0.247 e. The minimum absolute atomic E-state index is 0.0381. The second-order valence-corrected chi connectivity index (χ2v) is 9.87. The summed E-state index contributed by atoms with van der Waals surface area (Å²) in [6, 6.07) is 13.1. The number of nitrogens with zero attached hydrogens (tertiary/aromatic N) is 1. The van der Waals surface area contributed by atoms with Gasteiger partial charge in [-0.15, -0.1) is 0 Å². The highest BCUT2D eigenvalue weighted by Gasteiger charge is 2.56. The van der Waals surface area contributed by atoms with Crippen molar-refractivity contribution in [2.45, 2.75) is 45.1 Å². The molecule has 1 aliphatic heterocycles. The first-order valence-electron chi connectivity index (χ1n) is 13.1. The van der Waals surface area contributed by atoms with Crippen LogP contribution in [0.1, 0.15) is 39.0 Å². The number of hydrogen-bond acceptors (Lipinski definition) is 4. The van der Waals surface area contributed by atoms with Gasteiger partial charge >= 0.3 is 0 Å². The van der Waals surface area contributed by atoms with Crippen LogP contribution < -0.4 is 10.6 Å². The molecule has 3 N–H and O–H groups in total. The molecule has 1 fully saturated rings. The summed E-state index contributed by atoms with van der Waals surface area (Å²) in [4.78, 5) is 42.1. The molecule has 1 heterocycles. The summed E-state index contributed by atoms with van der Waals surface area (Å²) >= 11 is 0. The van der Waals surface area contributed by atoms with Gasteiger partial charge in [-0.1, -0.05) is 62.2 Å². The van der Waals surface area contributed by atoms with Gasteiger partial charge in [-0.3, -0.25) is 14.4 Å². The molecule has 0 spiro atoms. The Bertz CT molecular complexity index is 1130. The number of unbranched alkanes of at least 4 members (excludes halogenated alkanes) is 3. The summed E-state index contributed by atoms with van der Waals surface area (Å²) in [6.45, 7) is 2.63. The number of benzene rings is 2. The number of hydrogen-bond donors (Lipinski definition) is 3. The van der Waals surface area contributed by atoms with E-state index in [2.05, 4.69) is 10.6 Å². The first-order chi connectivity index (χ1) is 17.5. The van der Waals surface area contributed by atoms with Crippen molar-refractivity contribution in [3.63, 3.8) is 0 Å². The Morgan fingerprint density at radius 3 is 2.44 bits per heavy atom. The fraction of sp³-hybridized carbons (Fsp3) is 0.483. The zero-order valence-electron chi connectivity index (χ0n) is 21.2. The lowest BCUT2D eigenvalue weighted by Crippen LogP contribution is -2.45. The number of carbonyl (C=O) groups excluding carboxylic acids is 3. The summed E-state index contributed by atoms with van der Waals surface area (Å²) < 4.78 is 0. The van der Waals surface area contributed by atoms with Crippen LogP contribution in [0.15, 0.2) is 54.6 Å². The highest BCUT2D eigenvalue weighted by molar-refractivity contribution is 6.02. The lowest BCUT2D eigenvalue weighted by molar-refractivity contribution is -0.140. The van der Waals surface area contributed by atoms with Crippen LogP contribution in [0.3, 0.4) is 0 Å². The van der Waals surface area contributed by atoms with E-state index in [4.69, 9.17) is 5.11 Å². The summed E-state index contributed by atoms with van der Waals surface area (Å²) in [5.74, 6) is -1.92. The largest absolute Gasteiger partial charge is 0.396 e.